The van der Waals surface area contributed by atoms with Crippen molar-refractivity contribution < 1.29 is 9.90 Å². The van der Waals surface area contributed by atoms with Crippen molar-refractivity contribution in [1.29, 1.82) is 0 Å². The van der Waals surface area contributed by atoms with Crippen molar-refractivity contribution in [3.63, 3.8) is 0 Å². The van der Waals surface area contributed by atoms with Crippen molar-refractivity contribution in [3.05, 3.63) is 40.0 Å². The average Bonchev–Trinajstić information content (AvgIpc) is 2.31. The van der Waals surface area contributed by atoms with Crippen LogP contribution in [0, 0.1) is 0 Å². The highest BCUT2D eigenvalue weighted by Gasteiger charge is 2.41. The smallest absolute Gasteiger partial charge is 0.304 e. The SMILES string of the molecule is [N-]=[N+]=NCc1cccc(C2(CC(=O)O)CCC2)n1. The first-order valence-corrected chi connectivity index (χ1v) is 5.85. The number of rotatable bonds is 5. The van der Waals surface area contributed by atoms with E-state index in [-0.39, 0.29) is 18.4 Å². The second-order valence-electron chi connectivity index (χ2n) is 4.61. The van der Waals surface area contributed by atoms with Gasteiger partial charge >= 0.3 is 5.97 Å². The minimum absolute atomic E-state index is 0.116. The predicted molar refractivity (Wildman–Crippen MR) is 64.9 cm³/mol. The van der Waals surface area contributed by atoms with Crippen LogP contribution in [-0.4, -0.2) is 16.1 Å². The van der Waals surface area contributed by atoms with Crippen LogP contribution < -0.4 is 0 Å². The molecule has 6 nitrogen and oxygen atoms in total. The van der Waals surface area contributed by atoms with Crippen LogP contribution in [0.5, 0.6) is 0 Å². The van der Waals surface area contributed by atoms with E-state index in [0.717, 1.165) is 25.0 Å². The predicted octanol–water partition coefficient (Wildman–Crippen LogP) is 2.79. The number of hydrogen-bond acceptors (Lipinski definition) is 3. The van der Waals surface area contributed by atoms with Gasteiger partial charge in [-0.25, -0.2) is 0 Å². The molecule has 18 heavy (non-hydrogen) atoms. The number of carboxylic acids is 1. The number of hydrogen-bond donors (Lipinski definition) is 1. The first-order chi connectivity index (χ1) is 8.66. The zero-order chi connectivity index (χ0) is 13.0. The highest BCUT2D eigenvalue weighted by molar-refractivity contribution is 5.69. The Bertz CT molecular complexity index is 505. The molecule has 0 atom stereocenters. The van der Waals surface area contributed by atoms with E-state index in [1.807, 2.05) is 12.1 Å². The van der Waals surface area contributed by atoms with Gasteiger partial charge in [0.05, 0.1) is 13.0 Å². The van der Waals surface area contributed by atoms with Gasteiger partial charge in [0.2, 0.25) is 0 Å². The lowest BCUT2D eigenvalue weighted by atomic mass is 9.64. The summed E-state index contributed by atoms with van der Waals surface area (Å²) in [4.78, 5) is 18.1. The molecule has 1 aromatic rings. The van der Waals surface area contributed by atoms with Crippen molar-refractivity contribution in [1.82, 2.24) is 4.98 Å². The summed E-state index contributed by atoms with van der Waals surface area (Å²) in [6, 6.07) is 5.49. The molecule has 0 saturated heterocycles. The van der Waals surface area contributed by atoms with Gasteiger partial charge in [0, 0.05) is 21.7 Å². The molecule has 0 unspecified atom stereocenters. The normalized spacial score (nSPS) is 16.4. The molecule has 94 valence electrons. The van der Waals surface area contributed by atoms with Crippen molar-refractivity contribution in [2.45, 2.75) is 37.6 Å². The summed E-state index contributed by atoms with van der Waals surface area (Å²) in [6.45, 7) is 0.202. The number of aliphatic carboxylic acids is 1. The first-order valence-electron chi connectivity index (χ1n) is 5.85. The molecule has 1 aliphatic rings. The zero-order valence-corrected chi connectivity index (χ0v) is 9.91. The fourth-order valence-corrected chi connectivity index (χ4v) is 2.38. The van der Waals surface area contributed by atoms with Crippen molar-refractivity contribution in [2.24, 2.45) is 5.11 Å². The lowest BCUT2D eigenvalue weighted by molar-refractivity contribution is -0.139. The molecule has 0 radical (unpaired) electrons. The van der Waals surface area contributed by atoms with E-state index in [4.69, 9.17) is 10.6 Å². The lowest BCUT2D eigenvalue weighted by Crippen LogP contribution is -2.37. The van der Waals surface area contributed by atoms with Crippen LogP contribution >= 0.6 is 0 Å². The number of carbonyl (C=O) groups is 1. The van der Waals surface area contributed by atoms with E-state index in [2.05, 4.69) is 15.0 Å². The Morgan fingerprint density at radius 2 is 2.33 bits per heavy atom. The Morgan fingerprint density at radius 3 is 2.89 bits per heavy atom. The summed E-state index contributed by atoms with van der Waals surface area (Å²) < 4.78 is 0. The standard InChI is InChI=1S/C12H14N4O2/c13-16-14-8-9-3-1-4-10(15-9)12(5-2-6-12)7-11(17)18/h1,3-4H,2,5-8H2,(H,17,18). The Kier molecular flexibility index (Phi) is 3.48. The molecule has 0 bridgehead atoms. The molecule has 1 fully saturated rings. The molecule has 0 aromatic carbocycles. The van der Waals surface area contributed by atoms with Crippen LogP contribution in [0.4, 0.5) is 0 Å². The second kappa shape index (κ2) is 5.06. The molecule has 0 spiro atoms. The van der Waals surface area contributed by atoms with Crippen LogP contribution in [0.1, 0.15) is 37.1 Å². The third kappa shape index (κ3) is 2.43. The highest BCUT2D eigenvalue weighted by Crippen LogP contribution is 2.45. The summed E-state index contributed by atoms with van der Waals surface area (Å²) in [5, 5.41) is 12.5. The minimum Gasteiger partial charge on any atom is -0.481 e. The topological polar surface area (TPSA) is 99.0 Å². The third-order valence-electron chi connectivity index (χ3n) is 3.45. The van der Waals surface area contributed by atoms with Gasteiger partial charge in [-0.1, -0.05) is 17.6 Å². The number of nitrogens with zero attached hydrogens (tertiary/aromatic N) is 4. The quantitative estimate of drug-likeness (QED) is 0.491. The van der Waals surface area contributed by atoms with Crippen LogP contribution in [0.25, 0.3) is 10.4 Å². The lowest BCUT2D eigenvalue weighted by Gasteiger charge is -2.40. The summed E-state index contributed by atoms with van der Waals surface area (Å²) in [5.74, 6) is -0.794. The summed E-state index contributed by atoms with van der Waals surface area (Å²) in [7, 11) is 0. The van der Waals surface area contributed by atoms with E-state index >= 15 is 0 Å². The molecular formula is C12H14N4O2. The molecule has 1 saturated carbocycles. The van der Waals surface area contributed by atoms with Gasteiger partial charge < -0.3 is 5.11 Å². The van der Waals surface area contributed by atoms with Gasteiger partial charge in [-0.2, -0.15) is 0 Å². The first kappa shape index (κ1) is 12.4. The fraction of sp³-hybridized carbons (Fsp3) is 0.500. The minimum atomic E-state index is -0.794. The van der Waals surface area contributed by atoms with E-state index < -0.39 is 5.97 Å². The second-order valence-corrected chi connectivity index (χ2v) is 4.61. The Labute approximate surface area is 104 Å². The molecule has 6 heteroatoms. The number of pyridine rings is 1. The van der Waals surface area contributed by atoms with Gasteiger partial charge in [0.15, 0.2) is 0 Å². The fourth-order valence-electron chi connectivity index (χ4n) is 2.38. The van der Waals surface area contributed by atoms with E-state index in [1.165, 1.54) is 0 Å². The van der Waals surface area contributed by atoms with Gasteiger partial charge in [0.25, 0.3) is 0 Å². The zero-order valence-electron chi connectivity index (χ0n) is 9.91. The number of azide groups is 1. The molecule has 0 aliphatic heterocycles. The molecule has 1 aromatic heterocycles. The summed E-state index contributed by atoms with van der Waals surface area (Å²) >= 11 is 0. The van der Waals surface area contributed by atoms with Gasteiger partial charge in [-0.15, -0.1) is 0 Å². The van der Waals surface area contributed by atoms with Crippen molar-refractivity contribution >= 4 is 5.97 Å². The summed E-state index contributed by atoms with van der Waals surface area (Å²) in [6.07, 6.45) is 2.87. The van der Waals surface area contributed by atoms with Crippen LogP contribution in [0.15, 0.2) is 23.3 Å². The number of carboxylic acid groups (broad SMARTS) is 1. The monoisotopic (exact) mass is 246 g/mol. The van der Waals surface area contributed by atoms with Crippen molar-refractivity contribution in [2.75, 3.05) is 0 Å². The van der Waals surface area contributed by atoms with Crippen LogP contribution in [0.3, 0.4) is 0 Å². The van der Waals surface area contributed by atoms with Crippen LogP contribution in [-0.2, 0) is 16.8 Å². The molecule has 1 aliphatic carbocycles. The molecule has 2 rings (SSSR count). The maximum Gasteiger partial charge on any atom is 0.304 e. The molecular weight excluding hydrogens is 232 g/mol. The Hall–Kier alpha value is -2.07. The van der Waals surface area contributed by atoms with E-state index in [9.17, 15) is 4.79 Å². The van der Waals surface area contributed by atoms with Gasteiger partial charge in [-0.3, -0.25) is 9.78 Å². The van der Waals surface area contributed by atoms with Gasteiger partial charge in [0.1, 0.15) is 0 Å². The third-order valence-corrected chi connectivity index (χ3v) is 3.45. The van der Waals surface area contributed by atoms with E-state index in [0.29, 0.717) is 5.69 Å². The van der Waals surface area contributed by atoms with Crippen LogP contribution in [0.2, 0.25) is 0 Å². The largest absolute Gasteiger partial charge is 0.481 e. The van der Waals surface area contributed by atoms with Gasteiger partial charge in [-0.05, 0) is 30.5 Å². The highest BCUT2D eigenvalue weighted by atomic mass is 16.4. The Balaban J connectivity index is 2.25. The average molecular weight is 246 g/mol. The maximum atomic E-state index is 10.9. The maximum absolute atomic E-state index is 10.9. The Morgan fingerprint density at radius 1 is 1.56 bits per heavy atom. The summed E-state index contributed by atoms with van der Waals surface area (Å²) in [5.41, 5.74) is 9.45. The molecule has 1 N–H and O–H groups in total. The molecule has 0 amide bonds. The van der Waals surface area contributed by atoms with Crippen molar-refractivity contribution in [3.8, 4) is 0 Å². The van der Waals surface area contributed by atoms with E-state index in [1.54, 1.807) is 6.07 Å². The number of aromatic nitrogens is 1. The molecule has 1 heterocycles.